The van der Waals surface area contributed by atoms with Gasteiger partial charge >= 0.3 is 8.80 Å². The van der Waals surface area contributed by atoms with Crippen LogP contribution in [-0.2, 0) is 33.7 Å². The Kier molecular flexibility index (Phi) is 5.45. The molecule has 0 N–H and O–H groups in total. The lowest BCUT2D eigenvalue weighted by atomic mass is 10.2. The number of rotatable bonds is 5. The lowest BCUT2D eigenvalue weighted by Gasteiger charge is -2.26. The number of hydrogen-bond donors (Lipinski definition) is 0. The molecule has 0 heterocycles. The van der Waals surface area contributed by atoms with Gasteiger partial charge in [0.1, 0.15) is 0 Å². The van der Waals surface area contributed by atoms with Gasteiger partial charge in [0.05, 0.1) is 6.04 Å². The third kappa shape index (κ3) is 5.23. The van der Waals surface area contributed by atoms with Crippen molar-refractivity contribution in [3.63, 3.8) is 0 Å². The molecule has 108 valence electrons. The van der Waals surface area contributed by atoms with E-state index in [4.69, 9.17) is 13.3 Å². The Morgan fingerprint density at radius 1 is 0.850 bits per heavy atom. The van der Waals surface area contributed by atoms with Crippen LogP contribution in [0.2, 0.25) is 0 Å². The molecule has 6 nitrogen and oxygen atoms in total. The Balaban J connectivity index is 3.09. The molecule has 0 radical (unpaired) electrons. The van der Waals surface area contributed by atoms with Gasteiger partial charge in [0.25, 0.3) is 17.9 Å². The van der Waals surface area contributed by atoms with Gasteiger partial charge in [-0.05, 0) is 5.56 Å². The molecule has 0 spiro atoms. The molecule has 0 fully saturated rings. The highest BCUT2D eigenvalue weighted by molar-refractivity contribution is 6.65. The first-order valence-corrected chi connectivity index (χ1v) is 7.89. The monoisotopic (exact) mass is 296 g/mol. The first-order chi connectivity index (χ1) is 9.33. The SMILES string of the molecule is CC(=O)O[Si](Cc1ccccc1)(OC(C)=O)OC(C)=O. The first kappa shape index (κ1) is 15.9. The van der Waals surface area contributed by atoms with Gasteiger partial charge in [-0.1, -0.05) is 30.3 Å². The topological polar surface area (TPSA) is 78.9 Å². The number of benzene rings is 1. The summed E-state index contributed by atoms with van der Waals surface area (Å²) in [5.41, 5.74) is 0.739. The predicted molar refractivity (Wildman–Crippen MR) is 71.2 cm³/mol. The fourth-order valence-electron chi connectivity index (χ4n) is 1.67. The van der Waals surface area contributed by atoms with Gasteiger partial charge in [0, 0.05) is 20.8 Å². The zero-order valence-corrected chi connectivity index (χ0v) is 12.5. The standard InChI is InChI=1S/C13H16O6Si/c1-10(14)17-20(18-11(2)15,19-12(3)16)9-13-7-5-4-6-8-13/h4-8H,9H2,1-3H3. The molecular weight excluding hydrogens is 280 g/mol. The van der Waals surface area contributed by atoms with Crippen molar-refractivity contribution in [1.29, 1.82) is 0 Å². The Labute approximate surface area is 118 Å². The molecule has 0 amide bonds. The van der Waals surface area contributed by atoms with E-state index in [-0.39, 0.29) is 6.04 Å². The van der Waals surface area contributed by atoms with Gasteiger partial charge in [0.2, 0.25) is 0 Å². The highest BCUT2D eigenvalue weighted by Crippen LogP contribution is 2.18. The molecule has 1 aromatic carbocycles. The maximum Gasteiger partial charge on any atom is 0.709 e. The van der Waals surface area contributed by atoms with E-state index in [1.165, 1.54) is 20.8 Å². The average molecular weight is 296 g/mol. The quantitative estimate of drug-likeness (QED) is 0.764. The van der Waals surface area contributed by atoms with Crippen LogP contribution in [0.1, 0.15) is 26.3 Å². The molecule has 0 saturated heterocycles. The molecule has 0 aliphatic carbocycles. The lowest BCUT2D eigenvalue weighted by Crippen LogP contribution is -2.51. The summed E-state index contributed by atoms with van der Waals surface area (Å²) in [6.45, 7) is 3.50. The number of carbonyl (C=O) groups is 3. The van der Waals surface area contributed by atoms with Crippen molar-refractivity contribution in [3.05, 3.63) is 35.9 Å². The normalized spacial score (nSPS) is 10.6. The van der Waals surface area contributed by atoms with Crippen LogP contribution in [0.5, 0.6) is 0 Å². The molecule has 1 rings (SSSR count). The smallest absolute Gasteiger partial charge is 0.455 e. The zero-order valence-electron chi connectivity index (χ0n) is 11.5. The fourth-order valence-corrected chi connectivity index (χ4v) is 4.06. The van der Waals surface area contributed by atoms with Gasteiger partial charge < -0.3 is 13.3 Å². The highest BCUT2D eigenvalue weighted by atomic mass is 28.4. The summed E-state index contributed by atoms with van der Waals surface area (Å²) in [4.78, 5) is 33.7. The van der Waals surface area contributed by atoms with Crippen LogP contribution in [0.3, 0.4) is 0 Å². The fraction of sp³-hybridized carbons (Fsp3) is 0.308. The summed E-state index contributed by atoms with van der Waals surface area (Å²) < 4.78 is 15.2. The lowest BCUT2D eigenvalue weighted by molar-refractivity contribution is -0.147. The maximum absolute atomic E-state index is 11.2. The minimum atomic E-state index is -3.77. The van der Waals surface area contributed by atoms with Crippen molar-refractivity contribution in [3.8, 4) is 0 Å². The van der Waals surface area contributed by atoms with E-state index in [9.17, 15) is 14.4 Å². The molecular formula is C13H16O6Si. The van der Waals surface area contributed by atoms with Gasteiger partial charge in [-0.25, -0.2) is 0 Å². The number of carbonyl (C=O) groups excluding carboxylic acids is 3. The molecule has 0 bridgehead atoms. The largest absolute Gasteiger partial charge is 0.709 e. The van der Waals surface area contributed by atoms with Crippen molar-refractivity contribution in [2.75, 3.05) is 0 Å². The Morgan fingerprint density at radius 3 is 1.60 bits per heavy atom. The Bertz CT molecular complexity index is 458. The summed E-state index contributed by atoms with van der Waals surface area (Å²) in [6, 6.07) is 8.95. The minimum absolute atomic E-state index is 0.0482. The molecule has 0 aliphatic rings. The van der Waals surface area contributed by atoms with Crippen LogP contribution < -0.4 is 0 Å². The van der Waals surface area contributed by atoms with Gasteiger partial charge in [-0.15, -0.1) is 0 Å². The van der Waals surface area contributed by atoms with E-state index in [0.717, 1.165) is 5.56 Å². The third-order valence-corrected chi connectivity index (χ3v) is 4.80. The van der Waals surface area contributed by atoms with Crippen molar-refractivity contribution in [1.82, 2.24) is 0 Å². The second-order valence-electron chi connectivity index (χ2n) is 4.13. The van der Waals surface area contributed by atoms with Crippen LogP contribution in [0.4, 0.5) is 0 Å². The van der Waals surface area contributed by atoms with Crippen molar-refractivity contribution in [2.45, 2.75) is 26.8 Å². The van der Waals surface area contributed by atoms with Crippen LogP contribution in [0.15, 0.2) is 30.3 Å². The molecule has 0 aromatic heterocycles. The summed E-state index contributed by atoms with van der Waals surface area (Å²) in [5.74, 6) is -2.01. The van der Waals surface area contributed by atoms with E-state index in [0.29, 0.717) is 0 Å². The van der Waals surface area contributed by atoms with Crippen molar-refractivity contribution < 1.29 is 27.7 Å². The second-order valence-corrected chi connectivity index (χ2v) is 6.46. The predicted octanol–water partition coefficient (Wildman–Crippen LogP) is 1.40. The molecule has 0 atom stereocenters. The van der Waals surface area contributed by atoms with Crippen LogP contribution in [0.25, 0.3) is 0 Å². The van der Waals surface area contributed by atoms with Gasteiger partial charge in [-0.2, -0.15) is 0 Å². The molecule has 0 unspecified atom stereocenters. The van der Waals surface area contributed by atoms with Crippen molar-refractivity contribution in [2.24, 2.45) is 0 Å². The zero-order chi connectivity index (χ0) is 15.2. The van der Waals surface area contributed by atoms with Crippen LogP contribution in [0, 0.1) is 0 Å². The maximum atomic E-state index is 11.2. The molecule has 0 saturated carbocycles. The second kappa shape index (κ2) is 6.85. The highest BCUT2D eigenvalue weighted by Gasteiger charge is 2.51. The van der Waals surface area contributed by atoms with E-state index in [2.05, 4.69) is 0 Å². The molecule has 0 aliphatic heterocycles. The molecule has 7 heteroatoms. The van der Waals surface area contributed by atoms with E-state index < -0.39 is 26.7 Å². The summed E-state index contributed by atoms with van der Waals surface area (Å²) in [6.07, 6.45) is 0. The van der Waals surface area contributed by atoms with E-state index in [1.807, 2.05) is 6.07 Å². The van der Waals surface area contributed by atoms with E-state index >= 15 is 0 Å². The van der Waals surface area contributed by atoms with Crippen LogP contribution >= 0.6 is 0 Å². The van der Waals surface area contributed by atoms with E-state index in [1.54, 1.807) is 24.3 Å². The Morgan fingerprint density at radius 2 is 1.25 bits per heavy atom. The molecule has 20 heavy (non-hydrogen) atoms. The molecule has 1 aromatic rings. The number of hydrogen-bond acceptors (Lipinski definition) is 6. The van der Waals surface area contributed by atoms with Crippen molar-refractivity contribution >= 4 is 26.7 Å². The first-order valence-electron chi connectivity index (χ1n) is 5.95. The third-order valence-electron chi connectivity index (χ3n) is 2.16. The summed E-state index contributed by atoms with van der Waals surface area (Å²) in [5, 5.41) is 0. The minimum Gasteiger partial charge on any atom is -0.455 e. The summed E-state index contributed by atoms with van der Waals surface area (Å²) in [7, 11) is -3.77. The Hall–Kier alpha value is -2.15. The van der Waals surface area contributed by atoms with Gasteiger partial charge in [-0.3, -0.25) is 14.4 Å². The average Bonchev–Trinajstić information content (AvgIpc) is 2.26. The van der Waals surface area contributed by atoms with Crippen LogP contribution in [-0.4, -0.2) is 26.7 Å². The van der Waals surface area contributed by atoms with Gasteiger partial charge in [0.15, 0.2) is 0 Å². The summed E-state index contributed by atoms with van der Waals surface area (Å²) >= 11 is 0.